The summed E-state index contributed by atoms with van der Waals surface area (Å²) >= 11 is 4.01. The second-order valence-corrected chi connectivity index (χ2v) is 5.83. The monoisotopic (exact) mass is 348 g/mol. The third-order valence-electron chi connectivity index (χ3n) is 2.38. The number of carbonyl (C=O) groups excluding carboxylic acids is 1. The fourth-order valence-corrected chi connectivity index (χ4v) is 2.78. The Hall–Kier alpha value is 0.178. The summed E-state index contributed by atoms with van der Waals surface area (Å²) in [6.07, 6.45) is 2.33. The van der Waals surface area contributed by atoms with Gasteiger partial charge in [0.05, 0.1) is 0 Å². The van der Waals surface area contributed by atoms with Gasteiger partial charge in [0, 0.05) is 0 Å². The number of fused-ring (bicyclic) bond motifs is 1. The van der Waals surface area contributed by atoms with E-state index in [1.54, 1.807) is 16.9 Å². The first-order valence-electron chi connectivity index (χ1n) is 4.25. The molecule has 0 radical (unpaired) electrons. The zero-order chi connectivity index (χ0) is 9.42. The quantitative estimate of drug-likeness (QED) is 0.496. The molecule has 0 amide bonds. The van der Waals surface area contributed by atoms with Gasteiger partial charge in [-0.2, -0.15) is 0 Å². The molecule has 2 rings (SSSR count). The van der Waals surface area contributed by atoms with Gasteiger partial charge in [0.2, 0.25) is 0 Å². The summed E-state index contributed by atoms with van der Waals surface area (Å²) in [5.74, 6) is 0.389. The van der Waals surface area contributed by atoms with Gasteiger partial charge in [-0.3, -0.25) is 0 Å². The molecular formula is C10H10AsIO. The molecule has 0 aromatic heterocycles. The van der Waals surface area contributed by atoms with Crippen LogP contribution in [0.5, 0.6) is 0 Å². The Balaban J connectivity index is 2.49. The van der Waals surface area contributed by atoms with Crippen molar-refractivity contribution in [2.75, 3.05) is 0 Å². The SMILES string of the molecule is O=C1CCc2cc(I)c([AsH2])cc2C1. The fourth-order valence-electron chi connectivity index (χ4n) is 1.65. The number of rotatable bonds is 0. The molecule has 1 aromatic rings. The molecule has 1 unspecified atom stereocenters. The van der Waals surface area contributed by atoms with E-state index in [1.807, 2.05) is 0 Å². The van der Waals surface area contributed by atoms with E-state index >= 15 is 0 Å². The van der Waals surface area contributed by atoms with Gasteiger partial charge in [0.15, 0.2) is 0 Å². The second kappa shape index (κ2) is 3.74. The van der Waals surface area contributed by atoms with Crippen LogP contribution in [-0.2, 0) is 17.6 Å². The number of halogens is 1. The number of ketones is 1. The number of benzene rings is 1. The van der Waals surface area contributed by atoms with Gasteiger partial charge in [-0.15, -0.1) is 0 Å². The van der Waals surface area contributed by atoms with Crippen molar-refractivity contribution in [2.24, 2.45) is 0 Å². The van der Waals surface area contributed by atoms with E-state index in [9.17, 15) is 4.79 Å². The number of Topliss-reactive ketones (excluding diaryl/α,β-unsaturated/α-hetero) is 1. The Morgan fingerprint density at radius 2 is 2.00 bits per heavy atom. The number of aryl methyl sites for hydroxylation is 1. The van der Waals surface area contributed by atoms with E-state index in [1.165, 1.54) is 19.0 Å². The molecular weight excluding hydrogens is 338 g/mol. The van der Waals surface area contributed by atoms with Crippen molar-refractivity contribution in [3.63, 3.8) is 0 Å². The maximum absolute atomic E-state index is 11.2. The molecule has 1 aromatic carbocycles. The van der Waals surface area contributed by atoms with Crippen LogP contribution in [0.1, 0.15) is 17.5 Å². The molecule has 0 aliphatic heterocycles. The maximum atomic E-state index is 11.2. The molecule has 1 aliphatic carbocycles. The molecule has 0 N–H and O–H groups in total. The van der Waals surface area contributed by atoms with E-state index in [-0.39, 0.29) is 0 Å². The van der Waals surface area contributed by atoms with Gasteiger partial charge < -0.3 is 0 Å². The third-order valence-corrected chi connectivity index (χ3v) is 5.55. The van der Waals surface area contributed by atoms with E-state index in [2.05, 4.69) is 34.7 Å². The Bertz CT molecular complexity index is 373. The molecule has 0 bridgehead atoms. The topological polar surface area (TPSA) is 17.1 Å². The Kier molecular flexibility index (Phi) is 2.80. The van der Waals surface area contributed by atoms with Crippen LogP contribution in [0.3, 0.4) is 0 Å². The van der Waals surface area contributed by atoms with Crippen molar-refractivity contribution < 1.29 is 4.79 Å². The Morgan fingerprint density at radius 3 is 2.77 bits per heavy atom. The van der Waals surface area contributed by atoms with Crippen LogP contribution in [0.25, 0.3) is 0 Å². The van der Waals surface area contributed by atoms with Gasteiger partial charge in [-0.05, 0) is 0 Å². The van der Waals surface area contributed by atoms with E-state index in [4.69, 9.17) is 0 Å². The predicted octanol–water partition coefficient (Wildman–Crippen LogP) is 0.607. The molecule has 3 heteroatoms. The molecule has 0 heterocycles. The van der Waals surface area contributed by atoms with Gasteiger partial charge in [-0.1, -0.05) is 0 Å². The molecule has 1 aliphatic rings. The van der Waals surface area contributed by atoms with E-state index in [0.717, 1.165) is 12.8 Å². The van der Waals surface area contributed by atoms with Crippen molar-refractivity contribution in [1.29, 1.82) is 0 Å². The minimum atomic E-state index is 0.389. The van der Waals surface area contributed by atoms with Gasteiger partial charge in [0.1, 0.15) is 0 Å². The summed E-state index contributed by atoms with van der Waals surface area (Å²) in [7, 11) is 0. The zero-order valence-corrected chi connectivity index (χ0v) is 11.7. The van der Waals surface area contributed by atoms with Crippen molar-refractivity contribution in [2.45, 2.75) is 19.3 Å². The summed E-state index contributed by atoms with van der Waals surface area (Å²) < 4.78 is 2.69. The number of hydrogen-bond donors (Lipinski definition) is 0. The van der Waals surface area contributed by atoms with Crippen LogP contribution >= 0.6 is 22.6 Å². The standard InChI is InChI=1S/C10H10AsIO/c11-9-4-7-3-8(13)2-1-6(7)5-10(9)12/h4-5H,1-3,11H2. The first kappa shape index (κ1) is 9.72. The molecule has 1 atom stereocenters. The molecule has 0 saturated heterocycles. The predicted molar refractivity (Wildman–Crippen MR) is 64.4 cm³/mol. The van der Waals surface area contributed by atoms with Crippen LogP contribution in [-0.4, -0.2) is 22.6 Å². The van der Waals surface area contributed by atoms with Crippen molar-refractivity contribution in [3.8, 4) is 0 Å². The summed E-state index contributed by atoms with van der Waals surface area (Å²) in [5.41, 5.74) is 2.64. The molecule has 0 spiro atoms. The average Bonchev–Trinajstić information content (AvgIpc) is 2.08. The van der Waals surface area contributed by atoms with Crippen LogP contribution in [0, 0.1) is 3.57 Å². The molecule has 0 saturated carbocycles. The number of hydrogen-bond acceptors (Lipinski definition) is 1. The summed E-state index contributed by atoms with van der Waals surface area (Å²) in [6.45, 7) is 0. The first-order valence-corrected chi connectivity index (χ1v) is 6.54. The second-order valence-electron chi connectivity index (χ2n) is 3.36. The molecule has 13 heavy (non-hydrogen) atoms. The average molecular weight is 348 g/mol. The zero-order valence-electron chi connectivity index (χ0n) is 7.14. The van der Waals surface area contributed by atoms with Crippen LogP contribution < -0.4 is 4.35 Å². The van der Waals surface area contributed by atoms with Gasteiger partial charge >= 0.3 is 100 Å². The fraction of sp³-hybridized carbons (Fsp3) is 0.300. The Morgan fingerprint density at radius 1 is 1.23 bits per heavy atom. The molecule has 0 fully saturated rings. The van der Waals surface area contributed by atoms with E-state index < -0.39 is 0 Å². The van der Waals surface area contributed by atoms with Gasteiger partial charge in [0.25, 0.3) is 0 Å². The van der Waals surface area contributed by atoms with Crippen molar-refractivity contribution >= 4 is 49.6 Å². The van der Waals surface area contributed by atoms with Crippen molar-refractivity contribution in [3.05, 3.63) is 26.8 Å². The van der Waals surface area contributed by atoms with E-state index in [0.29, 0.717) is 12.2 Å². The normalized spacial score (nSPS) is 15.7. The summed E-state index contributed by atoms with van der Waals surface area (Å²) in [5, 5.41) is 0. The molecule has 1 nitrogen and oxygen atoms in total. The Labute approximate surface area is 99.9 Å². The van der Waals surface area contributed by atoms with Crippen molar-refractivity contribution in [1.82, 2.24) is 0 Å². The van der Waals surface area contributed by atoms with Gasteiger partial charge in [-0.25, -0.2) is 0 Å². The third kappa shape index (κ3) is 1.99. The summed E-state index contributed by atoms with van der Waals surface area (Å²) in [6, 6.07) is 4.42. The minimum absolute atomic E-state index is 0.389. The molecule has 68 valence electrons. The first-order chi connectivity index (χ1) is 6.16. The summed E-state index contributed by atoms with van der Waals surface area (Å²) in [4.78, 5) is 11.2. The number of carbonyl (C=O) groups is 1. The van der Waals surface area contributed by atoms with Crippen LogP contribution in [0.15, 0.2) is 12.1 Å². The van der Waals surface area contributed by atoms with Crippen LogP contribution in [0.4, 0.5) is 0 Å². The van der Waals surface area contributed by atoms with Crippen LogP contribution in [0.2, 0.25) is 0 Å².